The van der Waals surface area contributed by atoms with Crippen molar-refractivity contribution in [2.45, 2.75) is 32.6 Å². The maximum Gasteiger partial charge on any atom is 0.311 e. The van der Waals surface area contributed by atoms with Crippen LogP contribution in [0.25, 0.3) is 11.1 Å². The molecule has 0 amide bonds. The van der Waals surface area contributed by atoms with E-state index in [1.54, 1.807) is 30.3 Å². The largest absolute Gasteiger partial charge is 0.424 e. The molecule has 0 saturated carbocycles. The number of carbonyl (C=O) groups is 1. The third kappa shape index (κ3) is 4.33. The third-order valence-electron chi connectivity index (χ3n) is 3.58. The first-order chi connectivity index (χ1) is 11.2. The second kappa shape index (κ2) is 8.00. The summed E-state index contributed by atoms with van der Waals surface area (Å²) in [4.78, 5) is 11.9. The lowest BCUT2D eigenvalue weighted by atomic mass is 10.0. The van der Waals surface area contributed by atoms with Crippen molar-refractivity contribution in [2.24, 2.45) is 0 Å². The predicted octanol–water partition coefficient (Wildman–Crippen LogP) is 4.29. The summed E-state index contributed by atoms with van der Waals surface area (Å²) < 4.78 is 5.38. The van der Waals surface area contributed by atoms with Crippen molar-refractivity contribution in [2.75, 3.05) is 5.73 Å². The molecule has 2 aromatic rings. The molecule has 0 saturated heterocycles. The van der Waals surface area contributed by atoms with Gasteiger partial charge in [0.1, 0.15) is 0 Å². The molecule has 0 bridgehead atoms. The summed E-state index contributed by atoms with van der Waals surface area (Å²) in [7, 11) is 0. The normalized spacial score (nSPS) is 10.1. The van der Waals surface area contributed by atoms with Crippen LogP contribution in [0.2, 0.25) is 0 Å². The number of ether oxygens (including phenoxy) is 1. The maximum absolute atomic E-state index is 11.9. The van der Waals surface area contributed by atoms with Crippen LogP contribution in [0.15, 0.2) is 42.5 Å². The number of unbranched alkanes of at least 4 members (excludes halogenated alkanes) is 2. The Labute approximate surface area is 136 Å². The van der Waals surface area contributed by atoms with E-state index in [4.69, 9.17) is 15.7 Å². The second-order valence-electron chi connectivity index (χ2n) is 5.34. The molecule has 0 fully saturated rings. The zero-order chi connectivity index (χ0) is 16.7. The molecule has 0 aliphatic carbocycles. The summed E-state index contributed by atoms with van der Waals surface area (Å²) in [6, 6.07) is 14.6. The predicted molar refractivity (Wildman–Crippen MR) is 90.8 cm³/mol. The van der Waals surface area contributed by atoms with Gasteiger partial charge in [0.2, 0.25) is 0 Å². The molecular weight excluding hydrogens is 288 g/mol. The highest BCUT2D eigenvalue weighted by Crippen LogP contribution is 2.33. The summed E-state index contributed by atoms with van der Waals surface area (Å²) in [5.74, 6) is 0.0967. The van der Waals surface area contributed by atoms with Crippen molar-refractivity contribution in [3.63, 3.8) is 0 Å². The Bertz CT molecular complexity index is 732. The van der Waals surface area contributed by atoms with Crippen molar-refractivity contribution < 1.29 is 9.53 Å². The van der Waals surface area contributed by atoms with Crippen LogP contribution in [0.5, 0.6) is 5.75 Å². The number of anilines is 1. The first-order valence-corrected chi connectivity index (χ1v) is 7.75. The van der Waals surface area contributed by atoms with E-state index < -0.39 is 0 Å². The minimum Gasteiger partial charge on any atom is -0.424 e. The number of esters is 1. The number of rotatable bonds is 6. The topological polar surface area (TPSA) is 76.1 Å². The Hall–Kier alpha value is -2.80. The molecule has 0 aliphatic rings. The van der Waals surface area contributed by atoms with Crippen LogP contribution in [0.3, 0.4) is 0 Å². The molecule has 0 aromatic heterocycles. The molecule has 2 rings (SSSR count). The van der Waals surface area contributed by atoms with Crippen LogP contribution >= 0.6 is 0 Å². The average Bonchev–Trinajstić information content (AvgIpc) is 2.57. The van der Waals surface area contributed by atoms with Crippen LogP contribution in [0, 0.1) is 11.3 Å². The van der Waals surface area contributed by atoms with E-state index in [-0.39, 0.29) is 5.97 Å². The number of nitrogen functional groups attached to an aromatic ring is 1. The summed E-state index contributed by atoms with van der Waals surface area (Å²) in [5, 5.41) is 9.00. The SMILES string of the molecule is CCCCCC(=O)Oc1cccc(-c2cccc(C#N)c2)c1N. The number of carbonyl (C=O) groups excluding carboxylic acids is 1. The fourth-order valence-corrected chi connectivity index (χ4v) is 2.33. The lowest BCUT2D eigenvalue weighted by molar-refractivity contribution is -0.134. The van der Waals surface area contributed by atoms with Crippen molar-refractivity contribution in [3.05, 3.63) is 48.0 Å². The molecule has 2 aromatic carbocycles. The fourth-order valence-electron chi connectivity index (χ4n) is 2.33. The van der Waals surface area contributed by atoms with Crippen LogP contribution < -0.4 is 10.5 Å². The van der Waals surface area contributed by atoms with Crippen molar-refractivity contribution in [1.82, 2.24) is 0 Å². The highest BCUT2D eigenvalue weighted by atomic mass is 16.5. The van der Waals surface area contributed by atoms with Gasteiger partial charge in [-0.15, -0.1) is 0 Å². The quantitative estimate of drug-likeness (QED) is 0.374. The third-order valence-corrected chi connectivity index (χ3v) is 3.58. The number of nitrogens with zero attached hydrogens (tertiary/aromatic N) is 1. The smallest absolute Gasteiger partial charge is 0.311 e. The summed E-state index contributed by atoms with van der Waals surface area (Å²) in [5.41, 5.74) is 8.69. The Morgan fingerprint density at radius 2 is 2.00 bits per heavy atom. The molecule has 0 spiro atoms. The molecule has 118 valence electrons. The minimum atomic E-state index is -0.270. The van der Waals surface area contributed by atoms with E-state index in [2.05, 4.69) is 13.0 Å². The molecular formula is C19H20N2O2. The van der Waals surface area contributed by atoms with Gasteiger partial charge >= 0.3 is 5.97 Å². The average molecular weight is 308 g/mol. The van der Waals surface area contributed by atoms with E-state index in [0.717, 1.165) is 30.4 Å². The summed E-state index contributed by atoms with van der Waals surface area (Å²) in [6.45, 7) is 2.09. The zero-order valence-electron chi connectivity index (χ0n) is 13.2. The Balaban J connectivity index is 2.21. The van der Waals surface area contributed by atoms with Crippen LogP contribution in [0.4, 0.5) is 5.69 Å². The number of hydrogen-bond donors (Lipinski definition) is 1. The van der Waals surface area contributed by atoms with Gasteiger partial charge in [-0.1, -0.05) is 44.0 Å². The molecule has 0 atom stereocenters. The Morgan fingerprint density at radius 1 is 1.22 bits per heavy atom. The van der Waals surface area contributed by atoms with Crippen LogP contribution in [0.1, 0.15) is 38.2 Å². The van der Waals surface area contributed by atoms with Gasteiger partial charge in [-0.05, 0) is 30.2 Å². The van der Waals surface area contributed by atoms with Crippen LogP contribution in [-0.4, -0.2) is 5.97 Å². The van der Waals surface area contributed by atoms with Crippen molar-refractivity contribution in [1.29, 1.82) is 5.26 Å². The van der Waals surface area contributed by atoms with Gasteiger partial charge in [0.05, 0.1) is 17.3 Å². The van der Waals surface area contributed by atoms with Gasteiger partial charge in [-0.2, -0.15) is 5.26 Å². The summed E-state index contributed by atoms with van der Waals surface area (Å²) in [6.07, 6.45) is 3.27. The number of benzene rings is 2. The molecule has 23 heavy (non-hydrogen) atoms. The summed E-state index contributed by atoms with van der Waals surface area (Å²) >= 11 is 0. The second-order valence-corrected chi connectivity index (χ2v) is 5.34. The number of nitriles is 1. The van der Waals surface area contributed by atoms with Gasteiger partial charge < -0.3 is 10.5 Å². The Morgan fingerprint density at radius 3 is 2.74 bits per heavy atom. The van der Waals surface area contributed by atoms with Crippen LogP contribution in [-0.2, 0) is 4.79 Å². The Kier molecular flexibility index (Phi) is 5.76. The molecule has 0 radical (unpaired) electrons. The first kappa shape index (κ1) is 16.6. The molecule has 0 heterocycles. The van der Waals surface area contributed by atoms with E-state index >= 15 is 0 Å². The monoisotopic (exact) mass is 308 g/mol. The number of nitrogens with two attached hydrogens (primary N) is 1. The number of hydrogen-bond acceptors (Lipinski definition) is 4. The van der Waals surface area contributed by atoms with Gasteiger partial charge in [-0.25, -0.2) is 0 Å². The van der Waals surface area contributed by atoms with Gasteiger partial charge in [-0.3, -0.25) is 4.79 Å². The fraction of sp³-hybridized carbons (Fsp3) is 0.263. The van der Waals surface area contributed by atoms with E-state index in [9.17, 15) is 4.79 Å². The lowest BCUT2D eigenvalue weighted by Crippen LogP contribution is -2.09. The number of para-hydroxylation sites is 1. The first-order valence-electron chi connectivity index (χ1n) is 7.75. The standard InChI is InChI=1S/C19H20N2O2/c1-2-3-4-11-18(22)23-17-10-6-9-16(19(17)21)15-8-5-7-14(12-15)13-20/h5-10,12H,2-4,11,21H2,1H3. The maximum atomic E-state index is 11.9. The minimum absolute atomic E-state index is 0.270. The van der Waals surface area contributed by atoms with E-state index in [0.29, 0.717) is 23.4 Å². The van der Waals surface area contributed by atoms with Gasteiger partial charge in [0.25, 0.3) is 0 Å². The zero-order valence-corrected chi connectivity index (χ0v) is 13.2. The molecule has 4 heteroatoms. The molecule has 0 aliphatic heterocycles. The van der Waals surface area contributed by atoms with E-state index in [1.165, 1.54) is 0 Å². The van der Waals surface area contributed by atoms with E-state index in [1.807, 2.05) is 12.1 Å². The van der Waals surface area contributed by atoms with Crippen molar-refractivity contribution in [3.8, 4) is 22.9 Å². The van der Waals surface area contributed by atoms with Gasteiger partial charge in [0.15, 0.2) is 5.75 Å². The highest BCUT2D eigenvalue weighted by Gasteiger charge is 2.12. The van der Waals surface area contributed by atoms with Crippen molar-refractivity contribution >= 4 is 11.7 Å². The molecule has 4 nitrogen and oxygen atoms in total. The highest BCUT2D eigenvalue weighted by molar-refractivity contribution is 5.83. The molecule has 0 unspecified atom stereocenters. The molecule has 2 N–H and O–H groups in total. The van der Waals surface area contributed by atoms with Gasteiger partial charge in [0, 0.05) is 12.0 Å². The lowest BCUT2D eigenvalue weighted by Gasteiger charge is -2.11.